The maximum atomic E-state index is 11.4. The molecule has 1 aromatic carbocycles. The number of benzene rings is 1. The molecule has 0 radical (unpaired) electrons. The third-order valence-electron chi connectivity index (χ3n) is 2.23. The van der Waals surface area contributed by atoms with Crippen molar-refractivity contribution < 1.29 is 0 Å². The van der Waals surface area contributed by atoms with Gasteiger partial charge >= 0.3 is 0 Å². The van der Waals surface area contributed by atoms with E-state index in [1.165, 1.54) is 6.20 Å². The molecule has 0 fully saturated rings. The van der Waals surface area contributed by atoms with E-state index in [1.807, 2.05) is 12.1 Å². The molecule has 4 nitrogen and oxygen atoms in total. The molecule has 0 amide bonds. The summed E-state index contributed by atoms with van der Waals surface area (Å²) in [6.45, 7) is 0. The van der Waals surface area contributed by atoms with E-state index in [2.05, 4.69) is 9.97 Å². The fourth-order valence-electron chi connectivity index (χ4n) is 1.44. The minimum absolute atomic E-state index is 0.0137. The van der Waals surface area contributed by atoms with E-state index < -0.39 is 5.56 Å². The molecule has 2 aromatic rings. The van der Waals surface area contributed by atoms with Crippen molar-refractivity contribution >= 4 is 11.6 Å². The SMILES string of the molecule is N#Cc1cnc(Cc2cccc(Cl)c2)[nH]c1=O. The Kier molecular flexibility index (Phi) is 3.22. The van der Waals surface area contributed by atoms with Gasteiger partial charge in [-0.2, -0.15) is 5.26 Å². The van der Waals surface area contributed by atoms with Gasteiger partial charge in [-0.05, 0) is 17.7 Å². The number of hydrogen-bond donors (Lipinski definition) is 1. The lowest BCUT2D eigenvalue weighted by Crippen LogP contribution is -2.14. The van der Waals surface area contributed by atoms with Crippen molar-refractivity contribution in [3.63, 3.8) is 0 Å². The second-order valence-corrected chi connectivity index (χ2v) is 3.93. The summed E-state index contributed by atoms with van der Waals surface area (Å²) in [4.78, 5) is 18.0. The van der Waals surface area contributed by atoms with Crippen molar-refractivity contribution in [3.8, 4) is 6.07 Å². The van der Waals surface area contributed by atoms with E-state index in [4.69, 9.17) is 16.9 Å². The number of aromatic amines is 1. The van der Waals surface area contributed by atoms with Crippen LogP contribution in [0, 0.1) is 11.3 Å². The Hall–Kier alpha value is -2.12. The highest BCUT2D eigenvalue weighted by Gasteiger charge is 2.03. The lowest BCUT2D eigenvalue weighted by Gasteiger charge is -2.01. The van der Waals surface area contributed by atoms with Crippen LogP contribution in [0.25, 0.3) is 0 Å². The van der Waals surface area contributed by atoms with Crippen LogP contribution in [0.5, 0.6) is 0 Å². The summed E-state index contributed by atoms with van der Waals surface area (Å²) in [7, 11) is 0. The quantitative estimate of drug-likeness (QED) is 0.878. The number of H-pyrrole nitrogens is 1. The Morgan fingerprint density at radius 2 is 2.29 bits per heavy atom. The third-order valence-corrected chi connectivity index (χ3v) is 2.47. The van der Waals surface area contributed by atoms with Crippen LogP contribution in [0.3, 0.4) is 0 Å². The Morgan fingerprint density at radius 3 is 2.94 bits per heavy atom. The van der Waals surface area contributed by atoms with Crippen molar-refractivity contribution in [2.75, 3.05) is 0 Å². The second-order valence-electron chi connectivity index (χ2n) is 3.49. The number of nitriles is 1. The van der Waals surface area contributed by atoms with Gasteiger partial charge < -0.3 is 4.98 Å². The average molecular weight is 246 g/mol. The van der Waals surface area contributed by atoms with Crippen LogP contribution in [-0.4, -0.2) is 9.97 Å². The van der Waals surface area contributed by atoms with E-state index in [0.717, 1.165) is 5.56 Å². The fraction of sp³-hybridized carbons (Fsp3) is 0.0833. The highest BCUT2D eigenvalue weighted by atomic mass is 35.5. The van der Waals surface area contributed by atoms with Crippen LogP contribution in [-0.2, 0) is 6.42 Å². The number of nitrogens with zero attached hydrogens (tertiary/aromatic N) is 2. The highest BCUT2D eigenvalue weighted by molar-refractivity contribution is 6.30. The summed E-state index contributed by atoms with van der Waals surface area (Å²) in [5.74, 6) is 0.510. The van der Waals surface area contributed by atoms with Gasteiger partial charge in [0, 0.05) is 11.4 Å². The zero-order valence-corrected chi connectivity index (χ0v) is 9.53. The predicted molar refractivity (Wildman–Crippen MR) is 63.8 cm³/mol. The number of halogens is 1. The van der Waals surface area contributed by atoms with Crippen molar-refractivity contribution in [1.82, 2.24) is 9.97 Å². The number of hydrogen-bond acceptors (Lipinski definition) is 3. The zero-order valence-electron chi connectivity index (χ0n) is 8.77. The number of rotatable bonds is 2. The summed E-state index contributed by atoms with van der Waals surface area (Å²) >= 11 is 5.85. The molecule has 2 rings (SSSR count). The van der Waals surface area contributed by atoms with Gasteiger partial charge in [0.2, 0.25) is 0 Å². The predicted octanol–water partition coefficient (Wildman–Crippen LogP) is 1.89. The smallest absolute Gasteiger partial charge is 0.268 e. The van der Waals surface area contributed by atoms with E-state index in [1.54, 1.807) is 18.2 Å². The largest absolute Gasteiger partial charge is 0.309 e. The van der Waals surface area contributed by atoms with Gasteiger partial charge in [-0.1, -0.05) is 23.7 Å². The van der Waals surface area contributed by atoms with Gasteiger partial charge in [-0.3, -0.25) is 4.79 Å². The van der Waals surface area contributed by atoms with E-state index in [-0.39, 0.29) is 5.56 Å². The molecule has 0 bridgehead atoms. The second kappa shape index (κ2) is 4.81. The highest BCUT2D eigenvalue weighted by Crippen LogP contribution is 2.12. The molecular formula is C12H8ClN3O. The average Bonchev–Trinajstić information content (AvgIpc) is 2.29. The molecule has 17 heavy (non-hydrogen) atoms. The molecule has 0 spiro atoms. The van der Waals surface area contributed by atoms with Crippen LogP contribution in [0.2, 0.25) is 5.02 Å². The molecule has 1 aromatic heterocycles. The van der Waals surface area contributed by atoms with Crippen LogP contribution >= 0.6 is 11.6 Å². The van der Waals surface area contributed by atoms with E-state index >= 15 is 0 Å². The van der Waals surface area contributed by atoms with Gasteiger partial charge in [-0.25, -0.2) is 4.98 Å². The first-order valence-electron chi connectivity index (χ1n) is 4.92. The van der Waals surface area contributed by atoms with Crippen molar-refractivity contribution in [1.29, 1.82) is 5.26 Å². The first kappa shape index (κ1) is 11.4. The minimum Gasteiger partial charge on any atom is -0.309 e. The van der Waals surface area contributed by atoms with Crippen molar-refractivity contribution in [3.05, 3.63) is 62.8 Å². The number of aromatic nitrogens is 2. The summed E-state index contributed by atoms with van der Waals surface area (Å²) in [6.07, 6.45) is 1.75. The number of nitrogens with one attached hydrogen (secondary N) is 1. The summed E-state index contributed by atoms with van der Waals surface area (Å²) in [5.41, 5.74) is 0.546. The van der Waals surface area contributed by atoms with Crippen molar-refractivity contribution in [2.24, 2.45) is 0 Å². The first-order chi connectivity index (χ1) is 8.19. The molecular weight excluding hydrogens is 238 g/mol. The third kappa shape index (κ3) is 2.71. The minimum atomic E-state index is -0.417. The van der Waals surface area contributed by atoms with Crippen LogP contribution in [0.1, 0.15) is 17.0 Å². The molecule has 1 heterocycles. The summed E-state index contributed by atoms with van der Waals surface area (Å²) < 4.78 is 0. The van der Waals surface area contributed by atoms with Gasteiger partial charge in [0.15, 0.2) is 0 Å². The maximum Gasteiger partial charge on any atom is 0.268 e. The van der Waals surface area contributed by atoms with Gasteiger partial charge in [-0.15, -0.1) is 0 Å². The Labute approximate surface area is 103 Å². The molecule has 0 saturated heterocycles. The molecule has 0 saturated carbocycles. The molecule has 0 aliphatic heterocycles. The molecule has 0 atom stereocenters. The topological polar surface area (TPSA) is 69.5 Å². The van der Waals surface area contributed by atoms with Gasteiger partial charge in [0.1, 0.15) is 17.5 Å². The van der Waals surface area contributed by atoms with Crippen molar-refractivity contribution in [2.45, 2.75) is 6.42 Å². The summed E-state index contributed by atoms with van der Waals surface area (Å²) in [6, 6.07) is 9.08. The molecule has 0 aliphatic carbocycles. The summed E-state index contributed by atoms with van der Waals surface area (Å²) in [5, 5.41) is 9.25. The van der Waals surface area contributed by atoms with E-state index in [9.17, 15) is 4.79 Å². The molecule has 0 unspecified atom stereocenters. The Morgan fingerprint density at radius 1 is 1.47 bits per heavy atom. The zero-order chi connectivity index (χ0) is 12.3. The first-order valence-corrected chi connectivity index (χ1v) is 5.29. The van der Waals surface area contributed by atoms with E-state index in [0.29, 0.717) is 17.3 Å². The normalized spacial score (nSPS) is 9.88. The van der Waals surface area contributed by atoms with Crippen LogP contribution in [0.15, 0.2) is 35.3 Å². The lowest BCUT2D eigenvalue weighted by molar-refractivity contribution is 0.939. The monoisotopic (exact) mass is 245 g/mol. The Bertz CT molecular complexity index is 643. The Balaban J connectivity index is 2.29. The standard InChI is InChI=1S/C12H8ClN3O/c13-10-3-1-2-8(4-10)5-11-15-7-9(6-14)12(17)16-11/h1-4,7H,5H2,(H,15,16,17). The molecule has 0 aliphatic rings. The van der Waals surface area contributed by atoms with Crippen LogP contribution < -0.4 is 5.56 Å². The van der Waals surface area contributed by atoms with Gasteiger partial charge in [0.05, 0.1) is 6.20 Å². The fourth-order valence-corrected chi connectivity index (χ4v) is 1.65. The molecule has 5 heteroatoms. The lowest BCUT2D eigenvalue weighted by atomic mass is 10.1. The molecule has 84 valence electrons. The maximum absolute atomic E-state index is 11.4. The van der Waals surface area contributed by atoms with Gasteiger partial charge in [0.25, 0.3) is 5.56 Å². The van der Waals surface area contributed by atoms with Crippen LogP contribution in [0.4, 0.5) is 0 Å². The molecule has 1 N–H and O–H groups in total.